The molecule has 0 aromatic heterocycles. The van der Waals surface area contributed by atoms with Crippen LogP contribution >= 0.6 is 0 Å². The number of amides is 1. The molecule has 1 heterocycles. The highest BCUT2D eigenvalue weighted by atomic mass is 16.5. The van der Waals surface area contributed by atoms with Crippen molar-refractivity contribution in [2.45, 2.75) is 19.3 Å². The number of hydrogen-bond donors (Lipinski definition) is 2. The molecule has 7 heteroatoms. The predicted octanol–water partition coefficient (Wildman–Crippen LogP) is 2.44. The smallest absolute Gasteiger partial charge is 0.232 e. The number of ether oxygens (including phenoxy) is 2. The Labute approximate surface area is 190 Å². The van der Waals surface area contributed by atoms with E-state index in [0.717, 1.165) is 36.8 Å². The van der Waals surface area contributed by atoms with Crippen LogP contribution in [0.25, 0.3) is 0 Å². The van der Waals surface area contributed by atoms with Gasteiger partial charge in [-0.3, -0.25) is 9.79 Å². The van der Waals surface area contributed by atoms with Crippen LogP contribution in [0.1, 0.15) is 24.0 Å². The molecular weight excluding hydrogens is 404 g/mol. The third kappa shape index (κ3) is 6.99. The number of methoxy groups -OCH3 is 1. The third-order valence-electron chi connectivity index (χ3n) is 5.46. The van der Waals surface area contributed by atoms with Gasteiger partial charge in [0.2, 0.25) is 5.91 Å². The molecule has 3 rings (SSSR count). The second-order valence-electron chi connectivity index (χ2n) is 7.65. The van der Waals surface area contributed by atoms with Gasteiger partial charge in [-0.2, -0.15) is 0 Å². The van der Waals surface area contributed by atoms with Gasteiger partial charge in [-0.15, -0.1) is 0 Å². The molecule has 32 heavy (non-hydrogen) atoms. The van der Waals surface area contributed by atoms with Crippen LogP contribution in [0.5, 0.6) is 5.75 Å². The maximum absolute atomic E-state index is 13.3. The van der Waals surface area contributed by atoms with Crippen LogP contribution < -0.4 is 15.4 Å². The van der Waals surface area contributed by atoms with Crippen molar-refractivity contribution in [2.75, 3.05) is 53.0 Å². The van der Waals surface area contributed by atoms with E-state index in [0.29, 0.717) is 32.8 Å². The Morgan fingerprint density at radius 2 is 1.81 bits per heavy atom. The van der Waals surface area contributed by atoms with Crippen molar-refractivity contribution >= 4 is 11.9 Å². The highest BCUT2D eigenvalue weighted by molar-refractivity contribution is 5.85. The fraction of sp³-hybridized carbons (Fsp3) is 0.440. The van der Waals surface area contributed by atoms with Crippen molar-refractivity contribution in [3.05, 3.63) is 65.7 Å². The summed E-state index contributed by atoms with van der Waals surface area (Å²) in [4.78, 5) is 19.9. The lowest BCUT2D eigenvalue weighted by molar-refractivity contribution is -0.136. The van der Waals surface area contributed by atoms with Crippen LogP contribution in [-0.4, -0.2) is 69.8 Å². The monoisotopic (exact) mass is 438 g/mol. The van der Waals surface area contributed by atoms with E-state index in [1.165, 1.54) is 5.56 Å². The molecule has 172 valence electrons. The van der Waals surface area contributed by atoms with E-state index >= 15 is 0 Å². The van der Waals surface area contributed by atoms with Gasteiger partial charge in [-0.25, -0.2) is 0 Å². The van der Waals surface area contributed by atoms with Gasteiger partial charge in [0.05, 0.1) is 32.8 Å². The lowest BCUT2D eigenvalue weighted by Crippen LogP contribution is -2.44. The van der Waals surface area contributed by atoms with E-state index in [1.54, 1.807) is 7.11 Å². The first kappa shape index (κ1) is 23.6. The number of benzene rings is 2. The van der Waals surface area contributed by atoms with Crippen LogP contribution in [0, 0.1) is 0 Å². The molecule has 0 spiro atoms. The van der Waals surface area contributed by atoms with Crippen molar-refractivity contribution < 1.29 is 14.3 Å². The Morgan fingerprint density at radius 3 is 2.47 bits per heavy atom. The van der Waals surface area contributed by atoms with Gasteiger partial charge in [0.15, 0.2) is 5.96 Å². The Hall–Kier alpha value is -3.06. The van der Waals surface area contributed by atoms with Crippen LogP contribution in [0.4, 0.5) is 0 Å². The summed E-state index contributed by atoms with van der Waals surface area (Å²) in [5.41, 5.74) is 2.21. The summed E-state index contributed by atoms with van der Waals surface area (Å²) in [6.45, 7) is 6.36. The number of carbonyl (C=O) groups is 1. The Morgan fingerprint density at radius 1 is 1.09 bits per heavy atom. The summed E-state index contributed by atoms with van der Waals surface area (Å²) in [7, 11) is 1.67. The largest absolute Gasteiger partial charge is 0.497 e. The second kappa shape index (κ2) is 12.7. The molecule has 7 nitrogen and oxygen atoms in total. The van der Waals surface area contributed by atoms with E-state index in [2.05, 4.69) is 22.8 Å². The van der Waals surface area contributed by atoms with Gasteiger partial charge in [0.25, 0.3) is 0 Å². The quantitative estimate of drug-likeness (QED) is 0.465. The average Bonchev–Trinajstić information content (AvgIpc) is 2.85. The number of hydrogen-bond acceptors (Lipinski definition) is 4. The number of aliphatic imine (C=N–C) groups is 1. The van der Waals surface area contributed by atoms with E-state index < -0.39 is 0 Å². The minimum Gasteiger partial charge on any atom is -0.497 e. The molecular formula is C25H34N4O3. The Balaban J connectivity index is 1.64. The number of guanidine groups is 1. The molecule has 1 saturated heterocycles. The zero-order valence-electron chi connectivity index (χ0n) is 19.0. The number of nitrogens with one attached hydrogen (secondary N) is 2. The molecule has 0 bridgehead atoms. The molecule has 1 aliphatic rings. The summed E-state index contributed by atoms with van der Waals surface area (Å²) in [5.74, 6) is 1.37. The molecule has 0 aliphatic carbocycles. The summed E-state index contributed by atoms with van der Waals surface area (Å²) in [6, 6.07) is 18.0. The molecule has 0 radical (unpaired) electrons. The van der Waals surface area contributed by atoms with Crippen molar-refractivity contribution in [2.24, 2.45) is 4.99 Å². The maximum atomic E-state index is 13.3. The maximum Gasteiger partial charge on any atom is 0.232 e. The number of rotatable bonds is 9. The molecule has 0 saturated carbocycles. The summed E-state index contributed by atoms with van der Waals surface area (Å²) >= 11 is 0. The molecule has 1 atom stereocenters. The van der Waals surface area contributed by atoms with E-state index in [4.69, 9.17) is 14.5 Å². The minimum atomic E-state index is -0.314. The van der Waals surface area contributed by atoms with Crippen molar-refractivity contribution in [3.63, 3.8) is 0 Å². The van der Waals surface area contributed by atoms with Gasteiger partial charge in [0, 0.05) is 26.2 Å². The van der Waals surface area contributed by atoms with Gasteiger partial charge >= 0.3 is 0 Å². The topological polar surface area (TPSA) is 75.2 Å². The third-order valence-corrected chi connectivity index (χ3v) is 5.46. The normalized spacial score (nSPS) is 15.2. The molecule has 1 unspecified atom stereocenters. The van der Waals surface area contributed by atoms with E-state index in [1.807, 2.05) is 54.3 Å². The zero-order chi connectivity index (χ0) is 22.6. The van der Waals surface area contributed by atoms with Crippen LogP contribution in [0.15, 0.2) is 59.6 Å². The molecule has 2 N–H and O–H groups in total. The standard InChI is InChI=1S/C25H34N4O3/c1-3-26-25(27-14-13-20-9-11-22(31-2)12-10-20)28-19-23(21-7-5-4-6-8-21)24(30)29-15-17-32-18-16-29/h4-12,23H,3,13-19H2,1-2H3,(H2,26,27,28). The Kier molecular flexibility index (Phi) is 9.37. The molecule has 2 aromatic carbocycles. The second-order valence-corrected chi connectivity index (χ2v) is 7.65. The number of nitrogens with zero attached hydrogens (tertiary/aromatic N) is 2. The highest BCUT2D eigenvalue weighted by Gasteiger charge is 2.27. The van der Waals surface area contributed by atoms with Crippen molar-refractivity contribution in [1.29, 1.82) is 0 Å². The van der Waals surface area contributed by atoms with Crippen LogP contribution in [0.3, 0.4) is 0 Å². The summed E-state index contributed by atoms with van der Waals surface area (Å²) < 4.78 is 10.6. The van der Waals surface area contributed by atoms with Crippen LogP contribution in [-0.2, 0) is 16.0 Å². The Bertz CT molecular complexity index is 849. The fourth-order valence-electron chi connectivity index (χ4n) is 3.66. The summed E-state index contributed by atoms with van der Waals surface area (Å²) in [6.07, 6.45) is 0.864. The summed E-state index contributed by atoms with van der Waals surface area (Å²) in [5, 5.41) is 6.67. The van der Waals surface area contributed by atoms with Crippen molar-refractivity contribution in [1.82, 2.24) is 15.5 Å². The van der Waals surface area contributed by atoms with Crippen LogP contribution in [0.2, 0.25) is 0 Å². The lowest BCUT2D eigenvalue weighted by Gasteiger charge is -2.30. The van der Waals surface area contributed by atoms with Crippen molar-refractivity contribution in [3.8, 4) is 5.75 Å². The molecule has 2 aromatic rings. The van der Waals surface area contributed by atoms with Gasteiger partial charge in [0.1, 0.15) is 5.75 Å². The lowest BCUT2D eigenvalue weighted by atomic mass is 9.97. The molecule has 1 aliphatic heterocycles. The van der Waals surface area contributed by atoms with Gasteiger partial charge in [-0.05, 0) is 36.6 Å². The fourth-order valence-corrected chi connectivity index (χ4v) is 3.66. The van der Waals surface area contributed by atoms with E-state index in [9.17, 15) is 4.79 Å². The minimum absolute atomic E-state index is 0.109. The first-order valence-corrected chi connectivity index (χ1v) is 11.3. The zero-order valence-corrected chi connectivity index (χ0v) is 19.0. The average molecular weight is 439 g/mol. The van der Waals surface area contributed by atoms with Gasteiger partial charge in [-0.1, -0.05) is 42.5 Å². The predicted molar refractivity (Wildman–Crippen MR) is 127 cm³/mol. The first-order valence-electron chi connectivity index (χ1n) is 11.3. The highest BCUT2D eigenvalue weighted by Crippen LogP contribution is 2.20. The number of carbonyl (C=O) groups excluding carboxylic acids is 1. The molecule has 1 amide bonds. The van der Waals surface area contributed by atoms with Gasteiger partial charge < -0.3 is 25.0 Å². The SMILES string of the molecule is CCNC(=NCC(C(=O)N1CCOCC1)c1ccccc1)NCCc1ccc(OC)cc1. The van der Waals surface area contributed by atoms with E-state index in [-0.39, 0.29) is 11.8 Å². The number of morpholine rings is 1. The molecule has 1 fully saturated rings. The first-order chi connectivity index (χ1) is 15.7.